The second-order valence-corrected chi connectivity index (χ2v) is 5.44. The molecule has 2 heterocycles. The van der Waals surface area contributed by atoms with E-state index in [0.717, 1.165) is 29.6 Å². The Hall–Kier alpha value is -1.89. The molecule has 0 fully saturated rings. The monoisotopic (exact) mass is 306 g/mol. The van der Waals surface area contributed by atoms with Gasteiger partial charge in [0.2, 0.25) is 0 Å². The van der Waals surface area contributed by atoms with E-state index < -0.39 is 0 Å². The van der Waals surface area contributed by atoms with Crippen LogP contribution < -0.4 is 5.32 Å². The number of nitrogens with one attached hydrogen (secondary N) is 1. The molecular weight excluding hydrogens is 284 g/mol. The average Bonchev–Trinajstić information content (AvgIpc) is 3.02. The van der Waals surface area contributed by atoms with E-state index in [-0.39, 0.29) is 0 Å². The van der Waals surface area contributed by atoms with E-state index in [4.69, 9.17) is 12.2 Å². The molecule has 7 heteroatoms. The van der Waals surface area contributed by atoms with Crippen LogP contribution in [-0.4, -0.2) is 36.6 Å². The van der Waals surface area contributed by atoms with E-state index in [2.05, 4.69) is 28.6 Å². The third-order valence-electron chi connectivity index (χ3n) is 3.47. The third kappa shape index (κ3) is 3.81. The first-order valence-electron chi connectivity index (χ1n) is 7.00. The number of hydrogen-bond donors (Lipinski definition) is 1. The average molecular weight is 306 g/mol. The molecular formula is C14H22N6S. The van der Waals surface area contributed by atoms with Gasteiger partial charge in [-0.05, 0) is 32.1 Å². The number of aryl methyl sites for hydroxylation is 3. The molecule has 2 aromatic rings. The van der Waals surface area contributed by atoms with Crippen LogP contribution in [0.25, 0.3) is 0 Å². The lowest BCUT2D eigenvalue weighted by molar-refractivity contribution is 0.466. The molecule has 0 saturated carbocycles. The molecule has 2 rings (SSSR count). The Morgan fingerprint density at radius 1 is 1.48 bits per heavy atom. The lowest BCUT2D eigenvalue weighted by Gasteiger charge is -2.20. The summed E-state index contributed by atoms with van der Waals surface area (Å²) in [4.78, 5) is 2.01. The molecule has 1 N–H and O–H groups in total. The van der Waals surface area contributed by atoms with Crippen LogP contribution in [0.5, 0.6) is 0 Å². The summed E-state index contributed by atoms with van der Waals surface area (Å²) in [5.41, 5.74) is 3.34. The highest BCUT2D eigenvalue weighted by molar-refractivity contribution is 7.80. The number of thiocarbonyl (C=S) groups is 1. The lowest BCUT2D eigenvalue weighted by atomic mass is 10.3. The van der Waals surface area contributed by atoms with Gasteiger partial charge < -0.3 is 10.2 Å². The van der Waals surface area contributed by atoms with Crippen LogP contribution in [0.15, 0.2) is 18.5 Å². The first-order chi connectivity index (χ1) is 10.0. The van der Waals surface area contributed by atoms with Gasteiger partial charge in [-0.15, -0.1) is 0 Å². The zero-order valence-electron chi connectivity index (χ0n) is 13.0. The second kappa shape index (κ2) is 6.71. The van der Waals surface area contributed by atoms with Gasteiger partial charge in [-0.2, -0.15) is 10.2 Å². The molecule has 0 aromatic carbocycles. The summed E-state index contributed by atoms with van der Waals surface area (Å²) in [7, 11) is 3.91. The number of hydrogen-bond acceptors (Lipinski definition) is 3. The van der Waals surface area contributed by atoms with Gasteiger partial charge in [0.15, 0.2) is 5.11 Å². The van der Waals surface area contributed by atoms with Gasteiger partial charge in [-0.25, -0.2) is 0 Å². The molecule has 0 aliphatic heterocycles. The molecule has 0 radical (unpaired) electrons. The molecule has 114 valence electrons. The van der Waals surface area contributed by atoms with Crippen LogP contribution in [0.1, 0.15) is 23.9 Å². The van der Waals surface area contributed by atoms with E-state index in [0.29, 0.717) is 6.54 Å². The second-order valence-electron chi connectivity index (χ2n) is 5.06. The fourth-order valence-corrected chi connectivity index (χ4v) is 2.21. The summed E-state index contributed by atoms with van der Waals surface area (Å²) >= 11 is 5.43. The maximum Gasteiger partial charge on any atom is 0.169 e. The SMILES string of the molecule is CCn1cc(CNC(=S)N(C)Cc2ccnn2C)c(C)n1. The summed E-state index contributed by atoms with van der Waals surface area (Å²) < 4.78 is 3.79. The van der Waals surface area contributed by atoms with Crippen LogP contribution in [0, 0.1) is 6.92 Å². The van der Waals surface area contributed by atoms with E-state index in [1.54, 1.807) is 6.20 Å². The largest absolute Gasteiger partial charge is 0.358 e. The van der Waals surface area contributed by atoms with Crippen molar-refractivity contribution in [1.82, 2.24) is 29.8 Å². The molecule has 0 aliphatic rings. The highest BCUT2D eigenvalue weighted by Crippen LogP contribution is 2.06. The van der Waals surface area contributed by atoms with Crippen LogP contribution in [0.3, 0.4) is 0 Å². The lowest BCUT2D eigenvalue weighted by Crippen LogP contribution is -2.36. The maximum absolute atomic E-state index is 5.43. The summed E-state index contributed by atoms with van der Waals surface area (Å²) in [5.74, 6) is 0. The molecule has 0 unspecified atom stereocenters. The van der Waals surface area contributed by atoms with Crippen molar-refractivity contribution in [3.05, 3.63) is 35.4 Å². The molecule has 2 aromatic heterocycles. The van der Waals surface area contributed by atoms with E-state index >= 15 is 0 Å². The van der Waals surface area contributed by atoms with Crippen molar-refractivity contribution in [3.63, 3.8) is 0 Å². The smallest absolute Gasteiger partial charge is 0.169 e. The summed E-state index contributed by atoms with van der Waals surface area (Å²) in [6.07, 6.45) is 3.86. The summed E-state index contributed by atoms with van der Waals surface area (Å²) in [6, 6.07) is 1.99. The van der Waals surface area contributed by atoms with E-state index in [9.17, 15) is 0 Å². The van der Waals surface area contributed by atoms with Gasteiger partial charge in [0, 0.05) is 45.1 Å². The minimum atomic E-state index is 0.695. The van der Waals surface area contributed by atoms with Gasteiger partial charge in [0.1, 0.15) is 0 Å². The fourth-order valence-electron chi connectivity index (χ4n) is 2.07. The Labute approximate surface area is 130 Å². The molecule has 0 spiro atoms. The zero-order valence-corrected chi connectivity index (χ0v) is 13.8. The first kappa shape index (κ1) is 15.5. The van der Waals surface area contributed by atoms with Gasteiger partial charge in [0.05, 0.1) is 17.9 Å². The highest BCUT2D eigenvalue weighted by atomic mass is 32.1. The van der Waals surface area contributed by atoms with Crippen molar-refractivity contribution >= 4 is 17.3 Å². The Morgan fingerprint density at radius 3 is 2.81 bits per heavy atom. The van der Waals surface area contributed by atoms with Crippen molar-refractivity contribution in [2.45, 2.75) is 33.5 Å². The fraction of sp³-hybridized carbons (Fsp3) is 0.500. The maximum atomic E-state index is 5.43. The third-order valence-corrected chi connectivity index (χ3v) is 3.93. The molecule has 0 aliphatic carbocycles. The van der Waals surface area contributed by atoms with Crippen LogP contribution in [0.4, 0.5) is 0 Å². The minimum Gasteiger partial charge on any atom is -0.358 e. The highest BCUT2D eigenvalue weighted by Gasteiger charge is 2.09. The van der Waals surface area contributed by atoms with E-state index in [1.165, 1.54) is 5.56 Å². The number of nitrogens with zero attached hydrogens (tertiary/aromatic N) is 5. The quantitative estimate of drug-likeness (QED) is 0.848. The van der Waals surface area contributed by atoms with Crippen molar-refractivity contribution in [1.29, 1.82) is 0 Å². The van der Waals surface area contributed by atoms with Gasteiger partial charge in [-0.1, -0.05) is 0 Å². The molecule has 0 bridgehead atoms. The first-order valence-corrected chi connectivity index (χ1v) is 7.40. The molecule has 21 heavy (non-hydrogen) atoms. The minimum absolute atomic E-state index is 0.695. The zero-order chi connectivity index (χ0) is 15.4. The molecule has 0 atom stereocenters. The van der Waals surface area contributed by atoms with Gasteiger partial charge in [0.25, 0.3) is 0 Å². The normalized spacial score (nSPS) is 10.7. The Morgan fingerprint density at radius 2 is 2.24 bits per heavy atom. The van der Waals surface area contributed by atoms with Crippen LogP contribution in [0.2, 0.25) is 0 Å². The Balaban J connectivity index is 1.89. The predicted molar refractivity (Wildman–Crippen MR) is 86.8 cm³/mol. The van der Waals surface area contributed by atoms with Gasteiger partial charge >= 0.3 is 0 Å². The topological polar surface area (TPSA) is 50.9 Å². The van der Waals surface area contributed by atoms with Crippen molar-refractivity contribution in [2.24, 2.45) is 7.05 Å². The predicted octanol–water partition coefficient (Wildman–Crippen LogP) is 1.45. The Kier molecular flexibility index (Phi) is 4.95. The number of aromatic nitrogens is 4. The van der Waals surface area contributed by atoms with Gasteiger partial charge in [-0.3, -0.25) is 9.36 Å². The number of rotatable bonds is 5. The molecule has 0 saturated heterocycles. The summed E-state index contributed by atoms with van der Waals surface area (Å²) in [6.45, 7) is 6.41. The van der Waals surface area contributed by atoms with E-state index in [1.807, 2.05) is 41.3 Å². The molecule has 6 nitrogen and oxygen atoms in total. The summed E-state index contributed by atoms with van der Waals surface area (Å²) in [5, 5.41) is 12.6. The molecule has 0 amide bonds. The van der Waals surface area contributed by atoms with Crippen molar-refractivity contribution < 1.29 is 0 Å². The van der Waals surface area contributed by atoms with Crippen molar-refractivity contribution in [3.8, 4) is 0 Å². The Bertz CT molecular complexity index is 615. The standard InChI is InChI=1S/C14H22N6S/c1-5-20-9-12(11(2)17-20)8-15-14(21)18(3)10-13-6-7-16-19(13)4/h6-7,9H,5,8,10H2,1-4H3,(H,15,21). The van der Waals surface area contributed by atoms with Crippen LogP contribution >= 0.6 is 12.2 Å². The van der Waals surface area contributed by atoms with Crippen LogP contribution in [-0.2, 0) is 26.7 Å². The van der Waals surface area contributed by atoms with Crippen molar-refractivity contribution in [2.75, 3.05) is 7.05 Å².